The Morgan fingerprint density at radius 2 is 2.05 bits per heavy atom. The third-order valence-electron chi connectivity index (χ3n) is 4.26. The van der Waals surface area contributed by atoms with E-state index in [1.54, 1.807) is 6.07 Å². The van der Waals surface area contributed by atoms with E-state index in [0.29, 0.717) is 5.58 Å². The molecule has 2 aromatic rings. The van der Waals surface area contributed by atoms with Gasteiger partial charge in [-0.1, -0.05) is 19.1 Å². The second-order valence-corrected chi connectivity index (χ2v) is 6.24. The minimum Gasteiger partial charge on any atom is -0.456 e. The molecule has 4 heteroatoms. The Labute approximate surface area is 126 Å². The standard InChI is InChI=1S/C17H25FN2O/c1-6-10-19-16(17(2,3)20(4)5)14-11-12-8-7-9-13(18)15(12)21-14/h7-9,11,16,19H,6,10H2,1-5H3. The van der Waals surface area contributed by atoms with Gasteiger partial charge in [-0.15, -0.1) is 0 Å². The van der Waals surface area contributed by atoms with Gasteiger partial charge < -0.3 is 14.6 Å². The van der Waals surface area contributed by atoms with Crippen LogP contribution in [0.3, 0.4) is 0 Å². The number of furan rings is 1. The van der Waals surface area contributed by atoms with Gasteiger partial charge in [0.2, 0.25) is 0 Å². The molecule has 1 N–H and O–H groups in total. The molecule has 1 atom stereocenters. The molecular weight excluding hydrogens is 267 g/mol. The summed E-state index contributed by atoms with van der Waals surface area (Å²) in [6.45, 7) is 7.33. The highest BCUT2D eigenvalue weighted by Crippen LogP contribution is 2.33. The SMILES string of the molecule is CCCNC(c1cc2cccc(F)c2o1)C(C)(C)N(C)C. The number of para-hydroxylation sites is 1. The predicted molar refractivity (Wildman–Crippen MR) is 85.0 cm³/mol. The molecule has 116 valence electrons. The first-order valence-corrected chi connectivity index (χ1v) is 7.46. The van der Waals surface area contributed by atoms with Crippen LogP contribution in [0.25, 0.3) is 11.0 Å². The Hall–Kier alpha value is -1.39. The average Bonchev–Trinajstić information content (AvgIpc) is 2.84. The van der Waals surface area contributed by atoms with Crippen molar-refractivity contribution in [3.05, 3.63) is 35.8 Å². The Kier molecular flexibility index (Phi) is 4.69. The summed E-state index contributed by atoms with van der Waals surface area (Å²) in [5.74, 6) is 0.470. The highest BCUT2D eigenvalue weighted by atomic mass is 19.1. The smallest absolute Gasteiger partial charge is 0.169 e. The molecular formula is C17H25FN2O. The zero-order valence-electron chi connectivity index (χ0n) is 13.5. The molecule has 0 saturated heterocycles. The van der Waals surface area contributed by atoms with Gasteiger partial charge in [0, 0.05) is 10.9 Å². The lowest BCUT2D eigenvalue weighted by Gasteiger charge is -2.39. The number of hydrogen-bond acceptors (Lipinski definition) is 3. The second-order valence-electron chi connectivity index (χ2n) is 6.24. The van der Waals surface area contributed by atoms with E-state index in [-0.39, 0.29) is 17.4 Å². The van der Waals surface area contributed by atoms with Gasteiger partial charge in [-0.3, -0.25) is 0 Å². The molecule has 0 fully saturated rings. The zero-order valence-corrected chi connectivity index (χ0v) is 13.5. The summed E-state index contributed by atoms with van der Waals surface area (Å²) in [6.07, 6.45) is 1.04. The van der Waals surface area contributed by atoms with Crippen LogP contribution < -0.4 is 5.32 Å². The molecule has 1 aromatic heterocycles. The number of benzene rings is 1. The fourth-order valence-electron chi connectivity index (χ4n) is 2.44. The van der Waals surface area contributed by atoms with E-state index in [1.165, 1.54) is 6.07 Å². The minimum atomic E-state index is -0.310. The topological polar surface area (TPSA) is 28.4 Å². The molecule has 0 amide bonds. The van der Waals surface area contributed by atoms with Crippen LogP contribution in [0.4, 0.5) is 4.39 Å². The normalized spacial score (nSPS) is 14.0. The number of fused-ring (bicyclic) bond motifs is 1. The first kappa shape index (κ1) is 16.0. The Bertz CT molecular complexity index is 604. The van der Waals surface area contributed by atoms with Crippen LogP contribution in [0.2, 0.25) is 0 Å². The molecule has 0 aliphatic carbocycles. The first-order chi connectivity index (χ1) is 9.87. The average molecular weight is 292 g/mol. The van der Waals surface area contributed by atoms with Gasteiger partial charge >= 0.3 is 0 Å². The van der Waals surface area contributed by atoms with Crippen LogP contribution in [-0.2, 0) is 0 Å². The van der Waals surface area contributed by atoms with Crippen LogP contribution >= 0.6 is 0 Å². The third-order valence-corrected chi connectivity index (χ3v) is 4.26. The first-order valence-electron chi connectivity index (χ1n) is 7.46. The number of rotatable bonds is 6. The van der Waals surface area contributed by atoms with Crippen molar-refractivity contribution in [2.45, 2.75) is 38.8 Å². The lowest BCUT2D eigenvalue weighted by Crippen LogP contribution is -2.49. The van der Waals surface area contributed by atoms with E-state index in [2.05, 4.69) is 31.0 Å². The molecule has 0 aliphatic rings. The second kappa shape index (κ2) is 6.16. The molecule has 0 saturated carbocycles. The number of nitrogens with one attached hydrogen (secondary N) is 1. The summed E-state index contributed by atoms with van der Waals surface area (Å²) in [5, 5.41) is 4.34. The van der Waals surface area contributed by atoms with Crippen molar-refractivity contribution in [1.82, 2.24) is 10.2 Å². The largest absolute Gasteiger partial charge is 0.456 e. The molecule has 1 aromatic carbocycles. The molecule has 1 unspecified atom stereocenters. The van der Waals surface area contributed by atoms with Gasteiger partial charge in [0.25, 0.3) is 0 Å². The number of hydrogen-bond donors (Lipinski definition) is 1. The van der Waals surface area contributed by atoms with Gasteiger partial charge in [0.05, 0.1) is 6.04 Å². The van der Waals surface area contributed by atoms with Crippen molar-refractivity contribution in [3.8, 4) is 0 Å². The van der Waals surface area contributed by atoms with Gasteiger partial charge in [-0.2, -0.15) is 0 Å². The minimum absolute atomic E-state index is 0.000694. The molecule has 0 bridgehead atoms. The number of nitrogens with zero attached hydrogens (tertiary/aromatic N) is 1. The maximum absolute atomic E-state index is 13.8. The molecule has 0 radical (unpaired) electrons. The van der Waals surface area contributed by atoms with Crippen molar-refractivity contribution in [3.63, 3.8) is 0 Å². The van der Waals surface area contributed by atoms with Gasteiger partial charge in [-0.05, 0) is 53.0 Å². The number of likely N-dealkylation sites (N-methyl/N-ethyl adjacent to an activating group) is 1. The summed E-state index contributed by atoms with van der Waals surface area (Å²) in [7, 11) is 4.09. The highest BCUT2D eigenvalue weighted by Gasteiger charge is 2.35. The van der Waals surface area contributed by atoms with E-state index < -0.39 is 0 Å². The van der Waals surface area contributed by atoms with Crippen molar-refractivity contribution >= 4 is 11.0 Å². The van der Waals surface area contributed by atoms with Crippen molar-refractivity contribution in [2.75, 3.05) is 20.6 Å². The summed E-state index contributed by atoms with van der Waals surface area (Å²) >= 11 is 0. The summed E-state index contributed by atoms with van der Waals surface area (Å²) < 4.78 is 19.7. The molecule has 1 heterocycles. The predicted octanol–water partition coefficient (Wildman–Crippen LogP) is 3.95. The molecule has 3 nitrogen and oxygen atoms in total. The molecule has 21 heavy (non-hydrogen) atoms. The fourth-order valence-corrected chi connectivity index (χ4v) is 2.44. The van der Waals surface area contributed by atoms with E-state index in [0.717, 1.165) is 24.1 Å². The molecule has 2 rings (SSSR count). The Balaban J connectivity index is 2.45. The van der Waals surface area contributed by atoms with Crippen LogP contribution in [0.5, 0.6) is 0 Å². The van der Waals surface area contributed by atoms with Crippen LogP contribution in [0.1, 0.15) is 39.0 Å². The fraction of sp³-hybridized carbons (Fsp3) is 0.529. The van der Waals surface area contributed by atoms with Gasteiger partial charge in [0.1, 0.15) is 5.76 Å². The van der Waals surface area contributed by atoms with Gasteiger partial charge in [0.15, 0.2) is 11.4 Å². The van der Waals surface area contributed by atoms with E-state index in [1.807, 2.05) is 26.2 Å². The van der Waals surface area contributed by atoms with E-state index in [9.17, 15) is 4.39 Å². The monoisotopic (exact) mass is 292 g/mol. The van der Waals surface area contributed by atoms with Crippen LogP contribution in [0.15, 0.2) is 28.7 Å². The Morgan fingerprint density at radius 1 is 1.33 bits per heavy atom. The summed E-state index contributed by atoms with van der Waals surface area (Å²) in [5.41, 5.74) is 0.185. The van der Waals surface area contributed by atoms with Crippen molar-refractivity contribution in [1.29, 1.82) is 0 Å². The quantitative estimate of drug-likeness (QED) is 0.873. The maximum Gasteiger partial charge on any atom is 0.169 e. The van der Waals surface area contributed by atoms with Crippen LogP contribution in [-0.4, -0.2) is 31.1 Å². The van der Waals surface area contributed by atoms with E-state index in [4.69, 9.17) is 4.42 Å². The lowest BCUT2D eigenvalue weighted by atomic mass is 9.91. The molecule has 0 spiro atoms. The summed E-state index contributed by atoms with van der Waals surface area (Å²) in [6, 6.07) is 6.96. The van der Waals surface area contributed by atoms with Crippen molar-refractivity contribution < 1.29 is 8.81 Å². The number of halogens is 1. The van der Waals surface area contributed by atoms with E-state index >= 15 is 0 Å². The van der Waals surface area contributed by atoms with Crippen molar-refractivity contribution in [2.24, 2.45) is 0 Å². The van der Waals surface area contributed by atoms with Crippen LogP contribution in [0, 0.1) is 5.82 Å². The summed E-state index contributed by atoms with van der Waals surface area (Å²) in [4.78, 5) is 2.16. The Morgan fingerprint density at radius 3 is 2.62 bits per heavy atom. The zero-order chi connectivity index (χ0) is 15.6. The lowest BCUT2D eigenvalue weighted by molar-refractivity contribution is 0.126. The molecule has 0 aliphatic heterocycles. The maximum atomic E-state index is 13.8. The third kappa shape index (κ3) is 3.11. The van der Waals surface area contributed by atoms with Gasteiger partial charge in [-0.25, -0.2) is 4.39 Å². The highest BCUT2D eigenvalue weighted by molar-refractivity contribution is 5.78.